The Kier molecular flexibility index (Phi) is 5.17. The first-order chi connectivity index (χ1) is 11.8. The summed E-state index contributed by atoms with van der Waals surface area (Å²) in [6, 6.07) is 7.25. The van der Waals surface area contributed by atoms with Crippen LogP contribution < -0.4 is 15.8 Å². The number of fused-ring (bicyclic) bond motifs is 1. The van der Waals surface area contributed by atoms with Crippen LogP contribution in [0.25, 0.3) is 10.2 Å². The molecule has 130 valence electrons. The summed E-state index contributed by atoms with van der Waals surface area (Å²) in [5.41, 5.74) is 8.98. The van der Waals surface area contributed by atoms with Crippen LogP contribution in [0, 0.1) is 13.8 Å². The van der Waals surface area contributed by atoms with Gasteiger partial charge in [0.15, 0.2) is 11.7 Å². The van der Waals surface area contributed by atoms with Crippen LogP contribution in [0.4, 0.5) is 10.8 Å². The Balaban J connectivity index is 1.68. The molecule has 3 aromatic rings. The van der Waals surface area contributed by atoms with Crippen LogP contribution in [-0.4, -0.2) is 17.5 Å². The number of halogens is 2. The number of benzene rings is 2. The Hall–Kier alpha value is -1.83. The van der Waals surface area contributed by atoms with E-state index in [1.54, 1.807) is 6.07 Å². The number of rotatable bonds is 4. The molecule has 0 saturated heterocycles. The van der Waals surface area contributed by atoms with Crippen molar-refractivity contribution in [2.75, 3.05) is 17.7 Å². The highest BCUT2D eigenvalue weighted by atomic mass is 79.9. The minimum atomic E-state index is -0.256. The largest absolute Gasteiger partial charge is 0.484 e. The van der Waals surface area contributed by atoms with Gasteiger partial charge >= 0.3 is 0 Å². The second kappa shape index (κ2) is 7.19. The molecule has 5 nitrogen and oxygen atoms in total. The normalized spacial score (nSPS) is 10.9. The number of aryl methyl sites for hydroxylation is 2. The predicted molar refractivity (Wildman–Crippen MR) is 107 cm³/mol. The Morgan fingerprint density at radius 3 is 2.68 bits per heavy atom. The van der Waals surface area contributed by atoms with Crippen molar-refractivity contribution in [2.24, 2.45) is 0 Å². The lowest BCUT2D eigenvalue weighted by Crippen LogP contribution is -2.20. The van der Waals surface area contributed by atoms with Gasteiger partial charge in [0.05, 0.1) is 10.2 Å². The van der Waals surface area contributed by atoms with E-state index in [1.807, 2.05) is 32.0 Å². The van der Waals surface area contributed by atoms with Gasteiger partial charge < -0.3 is 15.8 Å². The van der Waals surface area contributed by atoms with Crippen molar-refractivity contribution in [3.63, 3.8) is 0 Å². The number of nitrogens with zero attached hydrogens (tertiary/aromatic N) is 1. The van der Waals surface area contributed by atoms with Gasteiger partial charge in [0.25, 0.3) is 5.91 Å². The first-order valence-corrected chi connectivity index (χ1v) is 9.37. The summed E-state index contributed by atoms with van der Waals surface area (Å²) in [5, 5.41) is 4.00. The summed E-state index contributed by atoms with van der Waals surface area (Å²) in [5.74, 6) is 0.357. The lowest BCUT2D eigenvalue weighted by Gasteiger charge is -2.10. The first kappa shape index (κ1) is 18.0. The molecule has 0 unspecified atom stereocenters. The quantitative estimate of drug-likeness (QED) is 0.603. The van der Waals surface area contributed by atoms with Crippen molar-refractivity contribution in [2.45, 2.75) is 13.8 Å². The number of aromatic nitrogens is 1. The van der Waals surface area contributed by atoms with Gasteiger partial charge in [-0.25, -0.2) is 4.98 Å². The Morgan fingerprint density at radius 1 is 1.32 bits per heavy atom. The zero-order chi connectivity index (χ0) is 18.1. The van der Waals surface area contributed by atoms with E-state index in [1.165, 1.54) is 11.3 Å². The maximum Gasteiger partial charge on any atom is 0.262 e. The van der Waals surface area contributed by atoms with E-state index in [-0.39, 0.29) is 12.5 Å². The molecular formula is C17H15BrClN3O2S. The minimum absolute atomic E-state index is 0.0962. The lowest BCUT2D eigenvalue weighted by atomic mass is 10.1. The zero-order valence-corrected chi connectivity index (χ0v) is 16.7. The Bertz CT molecular complexity index is 951. The molecule has 1 amide bonds. The van der Waals surface area contributed by atoms with Gasteiger partial charge in [-0.3, -0.25) is 4.79 Å². The second-order valence-corrected chi connectivity index (χ2v) is 7.86. The number of hydrogen-bond donors (Lipinski definition) is 2. The van der Waals surface area contributed by atoms with E-state index < -0.39 is 0 Å². The molecule has 0 atom stereocenters. The van der Waals surface area contributed by atoms with Crippen molar-refractivity contribution >= 4 is 65.8 Å². The molecule has 0 aliphatic rings. The average molecular weight is 441 g/mol. The molecule has 2 aromatic carbocycles. The highest BCUT2D eigenvalue weighted by molar-refractivity contribution is 9.10. The van der Waals surface area contributed by atoms with Crippen molar-refractivity contribution in [3.8, 4) is 5.75 Å². The molecule has 0 aliphatic heterocycles. The number of carbonyl (C=O) groups excluding carboxylic acids is 1. The number of nitrogens with one attached hydrogen (secondary N) is 1. The monoisotopic (exact) mass is 439 g/mol. The molecule has 8 heteroatoms. The highest BCUT2D eigenvalue weighted by Crippen LogP contribution is 2.33. The summed E-state index contributed by atoms with van der Waals surface area (Å²) in [6.45, 7) is 3.70. The summed E-state index contributed by atoms with van der Waals surface area (Å²) in [6.07, 6.45) is 0. The van der Waals surface area contributed by atoms with Gasteiger partial charge in [0.2, 0.25) is 0 Å². The molecule has 0 saturated carbocycles. The third-order valence-electron chi connectivity index (χ3n) is 3.53. The molecule has 1 heterocycles. The van der Waals surface area contributed by atoms with E-state index in [0.717, 1.165) is 25.8 Å². The van der Waals surface area contributed by atoms with Gasteiger partial charge in [-0.15, -0.1) is 0 Å². The molecule has 0 bridgehead atoms. The zero-order valence-electron chi connectivity index (χ0n) is 13.5. The third-order valence-corrected chi connectivity index (χ3v) is 5.56. The van der Waals surface area contributed by atoms with E-state index in [2.05, 4.69) is 26.2 Å². The number of amides is 1. The fraction of sp³-hybridized carbons (Fsp3) is 0.176. The molecule has 0 fully saturated rings. The molecular weight excluding hydrogens is 426 g/mol. The number of thiazole rings is 1. The molecule has 3 rings (SSSR count). The maximum absolute atomic E-state index is 12.2. The van der Waals surface area contributed by atoms with Crippen molar-refractivity contribution in [1.29, 1.82) is 0 Å². The highest BCUT2D eigenvalue weighted by Gasteiger charge is 2.11. The second-order valence-electron chi connectivity index (χ2n) is 5.56. The van der Waals surface area contributed by atoms with Crippen molar-refractivity contribution < 1.29 is 9.53 Å². The van der Waals surface area contributed by atoms with Gasteiger partial charge in [-0.2, -0.15) is 0 Å². The topological polar surface area (TPSA) is 77.2 Å². The Morgan fingerprint density at radius 2 is 2.00 bits per heavy atom. The van der Waals surface area contributed by atoms with E-state index in [4.69, 9.17) is 22.1 Å². The number of hydrogen-bond acceptors (Lipinski definition) is 5. The SMILES string of the molecule is Cc1cc(OCC(=O)Nc2cc(Br)c3nc(N)sc3c2)cc(C)c1Cl. The molecule has 1 aromatic heterocycles. The van der Waals surface area contributed by atoms with Crippen LogP contribution in [0.2, 0.25) is 5.02 Å². The average Bonchev–Trinajstić information content (AvgIpc) is 2.91. The molecule has 3 N–H and O–H groups in total. The van der Waals surface area contributed by atoms with Gasteiger partial charge in [0.1, 0.15) is 5.75 Å². The molecule has 0 spiro atoms. The number of nitrogen functional groups attached to an aromatic ring is 1. The van der Waals surface area contributed by atoms with E-state index >= 15 is 0 Å². The van der Waals surface area contributed by atoms with Crippen LogP contribution in [0.5, 0.6) is 5.75 Å². The smallest absolute Gasteiger partial charge is 0.262 e. The minimum Gasteiger partial charge on any atom is -0.484 e. The molecule has 0 aliphatic carbocycles. The summed E-state index contributed by atoms with van der Waals surface area (Å²) < 4.78 is 7.24. The lowest BCUT2D eigenvalue weighted by molar-refractivity contribution is -0.118. The molecule has 25 heavy (non-hydrogen) atoms. The number of nitrogens with two attached hydrogens (primary N) is 1. The number of ether oxygens (including phenoxy) is 1. The van der Waals surface area contributed by atoms with Crippen LogP contribution >= 0.6 is 38.9 Å². The van der Waals surface area contributed by atoms with Crippen LogP contribution in [0.3, 0.4) is 0 Å². The predicted octanol–water partition coefficient (Wildman–Crippen LogP) is 4.93. The van der Waals surface area contributed by atoms with E-state index in [9.17, 15) is 4.79 Å². The maximum atomic E-state index is 12.2. The summed E-state index contributed by atoms with van der Waals surface area (Å²) in [7, 11) is 0. The third kappa shape index (κ3) is 4.05. The van der Waals surface area contributed by atoms with E-state index in [0.29, 0.717) is 21.6 Å². The fourth-order valence-electron chi connectivity index (χ4n) is 2.41. The van der Waals surface area contributed by atoms with Crippen LogP contribution in [-0.2, 0) is 4.79 Å². The number of carbonyl (C=O) groups is 1. The molecule has 0 radical (unpaired) electrons. The van der Waals surface area contributed by atoms with Gasteiger partial charge in [0, 0.05) is 15.2 Å². The summed E-state index contributed by atoms with van der Waals surface area (Å²) >= 11 is 10.9. The summed E-state index contributed by atoms with van der Waals surface area (Å²) in [4.78, 5) is 16.4. The van der Waals surface area contributed by atoms with Crippen molar-refractivity contribution in [1.82, 2.24) is 4.98 Å². The Labute approximate surface area is 162 Å². The standard InChI is InChI=1S/C17H15BrClN3O2S/c1-8-3-11(4-9(2)15(8)19)24-7-14(23)21-10-5-12(18)16-13(6-10)25-17(20)22-16/h3-6H,7H2,1-2H3,(H2,20,22)(H,21,23). The van der Waals surface area contributed by atoms with Gasteiger partial charge in [-0.1, -0.05) is 22.9 Å². The van der Waals surface area contributed by atoms with Crippen LogP contribution in [0.15, 0.2) is 28.7 Å². The fourth-order valence-corrected chi connectivity index (χ4v) is 4.00. The first-order valence-electron chi connectivity index (χ1n) is 7.38. The van der Waals surface area contributed by atoms with Crippen LogP contribution in [0.1, 0.15) is 11.1 Å². The van der Waals surface area contributed by atoms with Crippen molar-refractivity contribution in [3.05, 3.63) is 44.9 Å². The number of anilines is 2. The van der Waals surface area contributed by atoms with Gasteiger partial charge in [-0.05, 0) is 65.2 Å².